The summed E-state index contributed by atoms with van der Waals surface area (Å²) in [4.78, 5) is 6.78. The molecule has 8 nitrogen and oxygen atoms in total. The Balaban J connectivity index is 1.45. The molecule has 0 amide bonds. The Bertz CT molecular complexity index is 789. The Morgan fingerprint density at radius 2 is 2.17 bits per heavy atom. The lowest BCUT2D eigenvalue weighted by atomic mass is 10.1. The maximum Gasteiger partial charge on any atom is 0.191 e. The maximum absolute atomic E-state index is 5.64. The molecule has 1 aromatic heterocycles. The Morgan fingerprint density at radius 3 is 2.97 bits per heavy atom. The van der Waals surface area contributed by atoms with Crippen molar-refractivity contribution < 1.29 is 4.74 Å². The number of aryl methyl sites for hydroxylation is 1. The van der Waals surface area contributed by atoms with E-state index in [1.54, 1.807) is 13.4 Å². The Labute approximate surface area is 173 Å². The summed E-state index contributed by atoms with van der Waals surface area (Å²) in [7, 11) is 1.79. The zero-order chi connectivity index (χ0) is 20.5. The highest BCUT2D eigenvalue weighted by molar-refractivity contribution is 5.79. The number of rotatable bonds is 8. The first kappa shape index (κ1) is 21.3. The number of nitrogens with zero attached hydrogens (tertiary/aromatic N) is 5. The fourth-order valence-corrected chi connectivity index (χ4v) is 3.57. The molecule has 1 aromatic carbocycles. The third-order valence-corrected chi connectivity index (χ3v) is 5.06. The molecule has 2 heterocycles. The van der Waals surface area contributed by atoms with Gasteiger partial charge in [0.05, 0.1) is 12.7 Å². The van der Waals surface area contributed by atoms with Crippen molar-refractivity contribution in [3.05, 3.63) is 47.5 Å². The van der Waals surface area contributed by atoms with Crippen molar-refractivity contribution >= 4 is 5.96 Å². The predicted octanol–water partition coefficient (Wildman–Crippen LogP) is 1.43. The predicted molar refractivity (Wildman–Crippen MR) is 115 cm³/mol. The minimum Gasteiger partial charge on any atom is -0.376 e. The summed E-state index contributed by atoms with van der Waals surface area (Å²) in [5.74, 6) is 1.80. The molecule has 29 heavy (non-hydrogen) atoms. The first-order chi connectivity index (χ1) is 14.2. The molecular formula is C21H33N7O. The third kappa shape index (κ3) is 6.54. The van der Waals surface area contributed by atoms with Crippen LogP contribution in [0.25, 0.3) is 0 Å². The van der Waals surface area contributed by atoms with Crippen LogP contribution in [0.1, 0.15) is 30.8 Å². The van der Waals surface area contributed by atoms with Crippen molar-refractivity contribution in [2.24, 2.45) is 4.99 Å². The van der Waals surface area contributed by atoms with Crippen molar-refractivity contribution in [3.8, 4) is 0 Å². The monoisotopic (exact) mass is 399 g/mol. The van der Waals surface area contributed by atoms with Gasteiger partial charge in [-0.3, -0.25) is 9.89 Å². The number of guanidine groups is 1. The second-order valence-electron chi connectivity index (χ2n) is 7.38. The van der Waals surface area contributed by atoms with Crippen LogP contribution in [0.2, 0.25) is 0 Å². The number of aromatic nitrogens is 3. The highest BCUT2D eigenvalue weighted by Gasteiger charge is 2.16. The lowest BCUT2D eigenvalue weighted by Gasteiger charge is -2.31. The Morgan fingerprint density at radius 1 is 1.31 bits per heavy atom. The normalized spacial score (nSPS) is 18.0. The minimum absolute atomic E-state index is 0.314. The lowest BCUT2D eigenvalue weighted by molar-refractivity contribution is -0.0212. The molecule has 1 atom stereocenters. The van der Waals surface area contributed by atoms with Crippen LogP contribution in [0, 0.1) is 0 Å². The van der Waals surface area contributed by atoms with Crippen LogP contribution in [0.15, 0.2) is 35.6 Å². The van der Waals surface area contributed by atoms with Gasteiger partial charge in [0.1, 0.15) is 12.2 Å². The third-order valence-electron chi connectivity index (χ3n) is 5.06. The Kier molecular flexibility index (Phi) is 8.01. The summed E-state index contributed by atoms with van der Waals surface area (Å²) in [6, 6.07) is 8.74. The van der Waals surface area contributed by atoms with Crippen LogP contribution in [0.5, 0.6) is 0 Å². The largest absolute Gasteiger partial charge is 0.376 e. The van der Waals surface area contributed by atoms with Gasteiger partial charge in [0.25, 0.3) is 0 Å². The smallest absolute Gasteiger partial charge is 0.191 e. The van der Waals surface area contributed by atoms with E-state index in [-0.39, 0.29) is 0 Å². The van der Waals surface area contributed by atoms with Gasteiger partial charge in [0, 0.05) is 52.7 Å². The molecule has 0 spiro atoms. The lowest BCUT2D eigenvalue weighted by Crippen LogP contribution is -2.40. The van der Waals surface area contributed by atoms with E-state index in [1.165, 1.54) is 11.1 Å². The quantitative estimate of drug-likeness (QED) is 0.516. The summed E-state index contributed by atoms with van der Waals surface area (Å²) in [5.41, 5.74) is 2.58. The number of morpholine rings is 1. The van der Waals surface area contributed by atoms with Crippen molar-refractivity contribution in [2.75, 3.05) is 33.3 Å². The number of nitrogens with one attached hydrogen (secondary N) is 2. The van der Waals surface area contributed by atoms with Crippen molar-refractivity contribution in [2.45, 2.75) is 46.0 Å². The molecule has 0 aliphatic carbocycles. The van der Waals surface area contributed by atoms with Gasteiger partial charge in [0.2, 0.25) is 0 Å². The average molecular weight is 400 g/mol. The van der Waals surface area contributed by atoms with Gasteiger partial charge < -0.3 is 19.9 Å². The summed E-state index contributed by atoms with van der Waals surface area (Å²) in [6.45, 7) is 10.3. The van der Waals surface area contributed by atoms with E-state index in [0.717, 1.165) is 64.1 Å². The zero-order valence-corrected chi connectivity index (χ0v) is 17.8. The number of hydrogen-bond donors (Lipinski definition) is 2. The Hall–Kier alpha value is -2.45. The molecule has 8 heteroatoms. The minimum atomic E-state index is 0.314. The summed E-state index contributed by atoms with van der Waals surface area (Å²) >= 11 is 0. The molecule has 1 fully saturated rings. The van der Waals surface area contributed by atoms with Gasteiger partial charge in [-0.1, -0.05) is 31.2 Å². The highest BCUT2D eigenvalue weighted by Crippen LogP contribution is 2.12. The standard InChI is InChI=1S/C21H33N7O/c1-4-20-26-25-16-28(20)9-8-23-21(22-3)24-13-18-6-5-7-19(12-18)15-27-10-11-29-17(2)14-27/h5-7,12,16-17H,4,8-11,13-15H2,1-3H3,(H2,22,23,24). The molecule has 0 radical (unpaired) electrons. The molecule has 3 rings (SSSR count). The van der Waals surface area contributed by atoms with Gasteiger partial charge in [-0.15, -0.1) is 10.2 Å². The number of hydrogen-bond acceptors (Lipinski definition) is 5. The van der Waals surface area contributed by atoms with Gasteiger partial charge in [-0.2, -0.15) is 0 Å². The molecule has 0 bridgehead atoms. The molecule has 0 saturated carbocycles. The SMILES string of the molecule is CCc1nncn1CCNC(=NC)NCc1cccc(CN2CCOC(C)C2)c1. The molecular weight excluding hydrogens is 366 g/mol. The number of ether oxygens (including phenoxy) is 1. The van der Waals surface area contributed by atoms with E-state index in [4.69, 9.17) is 4.74 Å². The first-order valence-corrected chi connectivity index (χ1v) is 10.4. The van der Waals surface area contributed by atoms with Crippen LogP contribution in [0.4, 0.5) is 0 Å². The number of aliphatic imine (C=N–C) groups is 1. The van der Waals surface area contributed by atoms with E-state index in [9.17, 15) is 0 Å². The van der Waals surface area contributed by atoms with Crippen molar-refractivity contribution in [1.29, 1.82) is 0 Å². The van der Waals surface area contributed by atoms with E-state index >= 15 is 0 Å². The maximum atomic E-state index is 5.64. The highest BCUT2D eigenvalue weighted by atomic mass is 16.5. The van der Waals surface area contributed by atoms with E-state index < -0.39 is 0 Å². The molecule has 1 saturated heterocycles. The second kappa shape index (κ2) is 10.9. The summed E-state index contributed by atoms with van der Waals surface area (Å²) < 4.78 is 7.70. The van der Waals surface area contributed by atoms with E-state index in [2.05, 4.69) is 73.4 Å². The molecule has 2 N–H and O–H groups in total. The van der Waals surface area contributed by atoms with Crippen LogP contribution in [-0.2, 0) is 30.8 Å². The van der Waals surface area contributed by atoms with Crippen LogP contribution >= 0.6 is 0 Å². The van der Waals surface area contributed by atoms with Crippen molar-refractivity contribution in [3.63, 3.8) is 0 Å². The summed E-state index contributed by atoms with van der Waals surface area (Å²) in [5, 5.41) is 14.8. The first-order valence-electron chi connectivity index (χ1n) is 10.4. The van der Waals surface area contributed by atoms with E-state index in [1.807, 2.05) is 0 Å². The number of benzene rings is 1. The van der Waals surface area contributed by atoms with Crippen molar-refractivity contribution in [1.82, 2.24) is 30.3 Å². The molecule has 158 valence electrons. The zero-order valence-electron chi connectivity index (χ0n) is 17.8. The van der Waals surface area contributed by atoms with Gasteiger partial charge in [-0.25, -0.2) is 0 Å². The topological polar surface area (TPSA) is 79.6 Å². The average Bonchev–Trinajstić information content (AvgIpc) is 3.18. The fourth-order valence-electron chi connectivity index (χ4n) is 3.57. The van der Waals surface area contributed by atoms with Crippen LogP contribution in [0.3, 0.4) is 0 Å². The molecule has 1 aliphatic heterocycles. The van der Waals surface area contributed by atoms with Gasteiger partial charge in [-0.05, 0) is 18.1 Å². The van der Waals surface area contributed by atoms with Crippen LogP contribution < -0.4 is 10.6 Å². The second-order valence-corrected chi connectivity index (χ2v) is 7.38. The molecule has 1 unspecified atom stereocenters. The van der Waals surface area contributed by atoms with Gasteiger partial charge >= 0.3 is 0 Å². The van der Waals surface area contributed by atoms with E-state index in [0.29, 0.717) is 6.10 Å². The van der Waals surface area contributed by atoms with Crippen LogP contribution in [-0.4, -0.2) is 65.0 Å². The molecule has 1 aliphatic rings. The summed E-state index contributed by atoms with van der Waals surface area (Å²) in [6.07, 6.45) is 2.97. The van der Waals surface area contributed by atoms with Gasteiger partial charge in [0.15, 0.2) is 5.96 Å². The fraction of sp³-hybridized carbons (Fsp3) is 0.571. The molecule has 2 aromatic rings.